The van der Waals surface area contributed by atoms with Gasteiger partial charge in [0.05, 0.1) is 17.2 Å². The van der Waals surface area contributed by atoms with E-state index in [-0.39, 0.29) is 17.0 Å². The van der Waals surface area contributed by atoms with Crippen LogP contribution in [0, 0.1) is 6.92 Å². The van der Waals surface area contributed by atoms with Gasteiger partial charge in [-0.05, 0) is 42.8 Å². The Morgan fingerprint density at radius 2 is 1.71 bits per heavy atom. The summed E-state index contributed by atoms with van der Waals surface area (Å²) in [5.41, 5.74) is 0.386. The van der Waals surface area contributed by atoms with E-state index in [4.69, 9.17) is 4.42 Å². The maximum atomic E-state index is 13.6. The molecule has 176 valence electrons. The van der Waals surface area contributed by atoms with Gasteiger partial charge in [0.25, 0.3) is 5.91 Å². The highest BCUT2D eigenvalue weighted by Crippen LogP contribution is 2.43. The summed E-state index contributed by atoms with van der Waals surface area (Å²) < 4.78 is 45.9. The average molecular weight is 477 g/mol. The number of Topliss-reactive ketones (excluding diaryl/α,β-unsaturated/α-hetero) is 1. The van der Waals surface area contributed by atoms with Crippen LogP contribution in [0.3, 0.4) is 0 Å². The number of hydrogen-bond donors (Lipinski definition) is 1. The molecule has 5 rings (SSSR count). The zero-order valence-corrected chi connectivity index (χ0v) is 18.3. The Labute approximate surface area is 197 Å². The molecule has 0 saturated heterocycles. The summed E-state index contributed by atoms with van der Waals surface area (Å²) in [4.78, 5) is 27.8. The Bertz CT molecular complexity index is 1480. The number of rotatable bonds is 4. The van der Waals surface area contributed by atoms with Crippen molar-refractivity contribution in [3.63, 3.8) is 0 Å². The van der Waals surface area contributed by atoms with Crippen LogP contribution in [0.1, 0.15) is 33.3 Å². The maximum absolute atomic E-state index is 13.6. The Morgan fingerprint density at radius 3 is 2.43 bits per heavy atom. The molecule has 8 heteroatoms. The molecule has 5 nitrogen and oxygen atoms in total. The second kappa shape index (κ2) is 8.16. The molecule has 0 spiro atoms. The van der Waals surface area contributed by atoms with E-state index in [1.807, 2.05) is 0 Å². The molecule has 1 atom stereocenters. The van der Waals surface area contributed by atoms with Crippen LogP contribution in [0.2, 0.25) is 0 Å². The average Bonchev–Trinajstić information content (AvgIpc) is 3.37. The summed E-state index contributed by atoms with van der Waals surface area (Å²) in [5, 5.41) is 11.5. The number of anilines is 1. The second-order valence-electron chi connectivity index (χ2n) is 8.28. The lowest BCUT2D eigenvalue weighted by molar-refractivity contribution is -0.137. The third-order valence-corrected chi connectivity index (χ3v) is 5.91. The van der Waals surface area contributed by atoms with Crippen LogP contribution in [-0.2, 0) is 11.0 Å². The van der Waals surface area contributed by atoms with Crippen LogP contribution in [-0.4, -0.2) is 16.8 Å². The largest absolute Gasteiger partial charge is 0.503 e. The number of benzene rings is 3. The van der Waals surface area contributed by atoms with Crippen molar-refractivity contribution in [3.8, 4) is 0 Å². The van der Waals surface area contributed by atoms with Gasteiger partial charge in [-0.3, -0.25) is 14.5 Å². The lowest BCUT2D eigenvalue weighted by Crippen LogP contribution is -2.31. The van der Waals surface area contributed by atoms with E-state index in [1.54, 1.807) is 55.5 Å². The predicted molar refractivity (Wildman–Crippen MR) is 123 cm³/mol. The molecule has 0 bridgehead atoms. The number of fused-ring (bicyclic) bond motifs is 1. The van der Waals surface area contributed by atoms with Crippen molar-refractivity contribution in [2.75, 3.05) is 4.90 Å². The van der Waals surface area contributed by atoms with Crippen LogP contribution < -0.4 is 4.90 Å². The summed E-state index contributed by atoms with van der Waals surface area (Å²) in [7, 11) is 0. The molecule has 1 aliphatic rings. The standard InChI is InChI=1S/C27H18F3NO4/c1-15-6-4-8-17(12-15)23-22(24(32)21-13-16-7-2-3-11-20(16)35-21)25(33)26(34)31(23)19-10-5-9-18(14-19)27(28,29)30/h2-14,23,33H,1H3. The van der Waals surface area contributed by atoms with Crippen LogP contribution in [0.25, 0.3) is 11.0 Å². The molecule has 0 radical (unpaired) electrons. The lowest BCUT2D eigenvalue weighted by Gasteiger charge is -2.27. The lowest BCUT2D eigenvalue weighted by atomic mass is 9.93. The summed E-state index contributed by atoms with van der Waals surface area (Å²) >= 11 is 0. The minimum absolute atomic E-state index is 0.0934. The van der Waals surface area contributed by atoms with Crippen molar-refractivity contribution in [3.05, 3.63) is 113 Å². The first-order chi connectivity index (χ1) is 16.6. The number of furan rings is 1. The van der Waals surface area contributed by atoms with Gasteiger partial charge in [-0.2, -0.15) is 13.2 Å². The van der Waals surface area contributed by atoms with Gasteiger partial charge >= 0.3 is 6.18 Å². The molecule has 1 aromatic heterocycles. The van der Waals surface area contributed by atoms with Crippen molar-refractivity contribution < 1.29 is 32.3 Å². The quantitative estimate of drug-likeness (QED) is 0.339. The first-order valence-corrected chi connectivity index (χ1v) is 10.7. The molecule has 0 saturated carbocycles. The first-order valence-electron chi connectivity index (χ1n) is 10.7. The number of para-hydroxylation sites is 1. The number of amides is 1. The third-order valence-electron chi connectivity index (χ3n) is 5.91. The van der Waals surface area contributed by atoms with E-state index < -0.39 is 35.2 Å². The normalized spacial score (nSPS) is 16.4. The number of aliphatic hydroxyl groups is 1. The van der Waals surface area contributed by atoms with Gasteiger partial charge in [-0.15, -0.1) is 0 Å². The SMILES string of the molecule is Cc1cccc(C2C(C(=O)c3cc4ccccc4o3)=C(O)C(=O)N2c2cccc(C(F)(F)F)c2)c1. The predicted octanol–water partition coefficient (Wildman–Crippen LogP) is 6.54. The molecule has 1 unspecified atom stereocenters. The van der Waals surface area contributed by atoms with Crippen molar-refractivity contribution >= 4 is 28.3 Å². The summed E-state index contributed by atoms with van der Waals surface area (Å²) in [6, 6.07) is 18.4. The topological polar surface area (TPSA) is 70.7 Å². The van der Waals surface area contributed by atoms with Crippen molar-refractivity contribution in [1.29, 1.82) is 0 Å². The maximum Gasteiger partial charge on any atom is 0.416 e. The van der Waals surface area contributed by atoms with Crippen LogP contribution >= 0.6 is 0 Å². The number of aryl methyl sites for hydroxylation is 1. The molecule has 0 aliphatic carbocycles. The molecule has 4 aromatic rings. The van der Waals surface area contributed by atoms with Crippen molar-refractivity contribution in [2.24, 2.45) is 0 Å². The molecular formula is C27H18F3NO4. The zero-order valence-electron chi connectivity index (χ0n) is 18.3. The fourth-order valence-corrected chi connectivity index (χ4v) is 4.32. The summed E-state index contributed by atoms with van der Waals surface area (Å²) in [6.07, 6.45) is -4.64. The Hall–Kier alpha value is -4.33. The minimum Gasteiger partial charge on any atom is -0.503 e. The number of ketones is 1. The Kier molecular flexibility index (Phi) is 5.24. The molecule has 2 heterocycles. The van der Waals surface area contributed by atoms with Crippen LogP contribution in [0.5, 0.6) is 0 Å². The van der Waals surface area contributed by atoms with E-state index in [1.165, 1.54) is 18.2 Å². The summed E-state index contributed by atoms with van der Waals surface area (Å²) in [5.74, 6) is -2.63. The van der Waals surface area contributed by atoms with Gasteiger partial charge < -0.3 is 9.52 Å². The van der Waals surface area contributed by atoms with Gasteiger partial charge in [0, 0.05) is 11.1 Å². The molecule has 1 aliphatic heterocycles. The van der Waals surface area contributed by atoms with E-state index in [0.717, 1.165) is 22.6 Å². The molecule has 0 fully saturated rings. The Morgan fingerprint density at radius 1 is 0.971 bits per heavy atom. The minimum atomic E-state index is -4.64. The highest BCUT2D eigenvalue weighted by atomic mass is 19.4. The highest BCUT2D eigenvalue weighted by Gasteiger charge is 2.46. The monoisotopic (exact) mass is 477 g/mol. The number of alkyl halides is 3. The molecular weight excluding hydrogens is 459 g/mol. The number of hydrogen-bond acceptors (Lipinski definition) is 4. The van der Waals surface area contributed by atoms with E-state index >= 15 is 0 Å². The van der Waals surface area contributed by atoms with E-state index in [2.05, 4.69) is 0 Å². The first kappa shape index (κ1) is 22.5. The van der Waals surface area contributed by atoms with Gasteiger partial charge in [-0.25, -0.2) is 0 Å². The van der Waals surface area contributed by atoms with E-state index in [9.17, 15) is 27.9 Å². The number of carbonyl (C=O) groups is 2. The van der Waals surface area contributed by atoms with Crippen molar-refractivity contribution in [2.45, 2.75) is 19.1 Å². The molecule has 1 amide bonds. The zero-order chi connectivity index (χ0) is 24.9. The fourth-order valence-electron chi connectivity index (χ4n) is 4.32. The second-order valence-corrected chi connectivity index (χ2v) is 8.28. The Balaban J connectivity index is 1.67. The smallest absolute Gasteiger partial charge is 0.416 e. The van der Waals surface area contributed by atoms with Gasteiger partial charge in [-0.1, -0.05) is 54.1 Å². The third kappa shape index (κ3) is 3.86. The van der Waals surface area contributed by atoms with E-state index in [0.29, 0.717) is 16.5 Å². The number of nitrogens with zero attached hydrogens (tertiary/aromatic N) is 1. The van der Waals surface area contributed by atoms with Crippen molar-refractivity contribution in [1.82, 2.24) is 0 Å². The highest BCUT2D eigenvalue weighted by molar-refractivity contribution is 6.20. The van der Waals surface area contributed by atoms with Gasteiger partial charge in [0.2, 0.25) is 5.78 Å². The molecule has 1 N–H and O–H groups in total. The number of carbonyl (C=O) groups excluding carboxylic acids is 2. The molecule has 35 heavy (non-hydrogen) atoms. The fraction of sp³-hybridized carbons (Fsp3) is 0.111. The van der Waals surface area contributed by atoms with Gasteiger partial charge in [0.1, 0.15) is 5.58 Å². The number of aliphatic hydroxyl groups excluding tert-OH is 1. The van der Waals surface area contributed by atoms with Crippen LogP contribution in [0.4, 0.5) is 18.9 Å². The van der Waals surface area contributed by atoms with Crippen LogP contribution in [0.15, 0.2) is 94.6 Å². The summed E-state index contributed by atoms with van der Waals surface area (Å²) in [6.45, 7) is 1.80. The van der Waals surface area contributed by atoms with Gasteiger partial charge in [0.15, 0.2) is 11.5 Å². The molecule has 3 aromatic carbocycles. The number of halogens is 3.